The van der Waals surface area contributed by atoms with Crippen molar-refractivity contribution in [3.63, 3.8) is 0 Å². The van der Waals surface area contributed by atoms with Crippen LogP contribution < -0.4 is 0 Å². The zero-order valence-corrected chi connectivity index (χ0v) is 32.6. The van der Waals surface area contributed by atoms with Crippen molar-refractivity contribution in [2.24, 2.45) is 22.2 Å². The molecule has 0 bridgehead atoms. The van der Waals surface area contributed by atoms with E-state index in [4.69, 9.17) is 0 Å². The third-order valence-corrected chi connectivity index (χ3v) is 8.18. The van der Waals surface area contributed by atoms with E-state index in [0.717, 1.165) is 17.4 Å². The molecule has 1 aliphatic rings. The van der Waals surface area contributed by atoms with Crippen molar-refractivity contribution >= 4 is 11.8 Å². The van der Waals surface area contributed by atoms with Crippen LogP contribution in [0, 0.1) is 24.2 Å². The van der Waals surface area contributed by atoms with Crippen molar-refractivity contribution in [1.29, 1.82) is 0 Å². The molecule has 0 heterocycles. The molecule has 0 unspecified atom stereocenters. The Balaban J connectivity index is -0.000000639. The van der Waals surface area contributed by atoms with Crippen LogP contribution in [0.1, 0.15) is 178 Å². The Hall–Kier alpha value is -1.89. The molecule has 0 radical (unpaired) electrons. The van der Waals surface area contributed by atoms with Gasteiger partial charge >= 0.3 is 0 Å². The van der Waals surface area contributed by atoms with Gasteiger partial charge in [-0.15, -0.1) is 0 Å². The number of hydrogen-bond donors (Lipinski definition) is 0. The van der Waals surface area contributed by atoms with Crippen molar-refractivity contribution in [2.45, 2.75) is 173 Å². The summed E-state index contributed by atoms with van der Waals surface area (Å²) in [6, 6.07) is 8.61. The van der Waals surface area contributed by atoms with Crippen molar-refractivity contribution < 1.29 is 0 Å². The van der Waals surface area contributed by atoms with E-state index >= 15 is 0 Å². The summed E-state index contributed by atoms with van der Waals surface area (Å²) in [5.41, 5.74) is 7.96. The molecule has 0 atom stereocenters. The Labute approximate surface area is 279 Å². The Morgan fingerprint density at radius 3 is 1.84 bits per heavy atom. The van der Waals surface area contributed by atoms with Crippen molar-refractivity contribution in [1.82, 2.24) is 0 Å². The fourth-order valence-corrected chi connectivity index (χ4v) is 5.01. The molecule has 1 fully saturated rings. The van der Waals surface area contributed by atoms with Gasteiger partial charge in [-0.25, -0.2) is 0 Å². The third-order valence-electron chi connectivity index (χ3n) is 8.18. The molecule has 0 aliphatic heterocycles. The van der Waals surface area contributed by atoms with Gasteiger partial charge < -0.3 is 0 Å². The van der Waals surface area contributed by atoms with Crippen LogP contribution in [0.3, 0.4) is 0 Å². The Bertz CT molecular complexity index is 884. The second-order valence-corrected chi connectivity index (χ2v) is 13.6. The van der Waals surface area contributed by atoms with Crippen molar-refractivity contribution in [3.8, 4) is 0 Å². The normalized spacial score (nSPS) is 13.6. The molecule has 1 aromatic rings. The molecule has 256 valence electrons. The number of unbranched alkanes of at least 4 members (excludes halogenated alkanes) is 5. The quantitative estimate of drug-likeness (QED) is 0.0967. The first-order chi connectivity index (χ1) is 20.8. The number of nitrogens with zero attached hydrogens (tertiary/aromatic N) is 1. The van der Waals surface area contributed by atoms with Crippen LogP contribution in [-0.4, -0.2) is 13.3 Å². The lowest BCUT2D eigenvalue weighted by Gasteiger charge is -2.24. The predicted molar refractivity (Wildman–Crippen MR) is 208 cm³/mol. The molecule has 0 aromatic heterocycles. The highest BCUT2D eigenvalue weighted by atomic mass is 14.6. The average Bonchev–Trinajstić information content (AvgIpc) is 2.99. The van der Waals surface area contributed by atoms with Crippen molar-refractivity contribution in [3.05, 3.63) is 65.3 Å². The Morgan fingerprint density at radius 1 is 0.886 bits per heavy atom. The Morgan fingerprint density at radius 2 is 1.39 bits per heavy atom. The summed E-state index contributed by atoms with van der Waals surface area (Å²) in [5.74, 6) is 1.75. The van der Waals surface area contributed by atoms with Crippen LogP contribution in [0.5, 0.6) is 0 Å². The molecule has 0 amide bonds. The summed E-state index contributed by atoms with van der Waals surface area (Å²) >= 11 is 0. The van der Waals surface area contributed by atoms with Gasteiger partial charge in [-0.1, -0.05) is 195 Å². The minimum atomic E-state index is 0.306. The molecule has 0 N–H and O–H groups in total. The van der Waals surface area contributed by atoms with Crippen LogP contribution in [0.2, 0.25) is 0 Å². The molecule has 2 rings (SSSR count). The minimum absolute atomic E-state index is 0.306. The molecule has 0 spiro atoms. The SMILES string of the molecule is C=C(C)C(C)(C)C.C=C(C=NC)/C(=C(\C)CC1CCCCC1)c1ccccc1C.CC.CC.CCCCCCCCC(C)C. The first-order valence-electron chi connectivity index (χ1n) is 18.4. The molecule has 1 nitrogen and oxygen atoms in total. The zero-order valence-electron chi connectivity index (χ0n) is 32.6. The smallest absolute Gasteiger partial charge is 0.0281 e. The molecule has 44 heavy (non-hydrogen) atoms. The van der Waals surface area contributed by atoms with Crippen LogP contribution >= 0.6 is 0 Å². The van der Waals surface area contributed by atoms with Gasteiger partial charge in [0.1, 0.15) is 0 Å². The number of aryl methyl sites for hydroxylation is 1. The molecule has 1 aliphatic carbocycles. The van der Waals surface area contributed by atoms with Crippen LogP contribution in [0.15, 0.2) is 59.1 Å². The first kappa shape index (κ1) is 46.5. The topological polar surface area (TPSA) is 12.4 Å². The van der Waals surface area contributed by atoms with E-state index in [1.807, 2.05) is 41.0 Å². The third kappa shape index (κ3) is 24.4. The lowest BCUT2D eigenvalue weighted by Crippen LogP contribution is -2.08. The second-order valence-electron chi connectivity index (χ2n) is 13.6. The van der Waals surface area contributed by atoms with E-state index in [2.05, 4.69) is 105 Å². The van der Waals surface area contributed by atoms with Gasteiger partial charge in [0.25, 0.3) is 0 Å². The lowest BCUT2D eigenvalue weighted by molar-refractivity contribution is 0.356. The number of allylic oxidation sites excluding steroid dienone is 4. The van der Waals surface area contributed by atoms with E-state index in [1.165, 1.54) is 111 Å². The summed E-state index contributed by atoms with van der Waals surface area (Å²) in [6.45, 7) is 36.0. The summed E-state index contributed by atoms with van der Waals surface area (Å²) in [4.78, 5) is 4.18. The largest absolute Gasteiger partial charge is 0.296 e. The first-order valence-corrected chi connectivity index (χ1v) is 18.4. The summed E-state index contributed by atoms with van der Waals surface area (Å²) < 4.78 is 0. The van der Waals surface area contributed by atoms with E-state index in [-0.39, 0.29) is 0 Å². The van der Waals surface area contributed by atoms with Crippen molar-refractivity contribution in [2.75, 3.05) is 7.05 Å². The monoisotopic (exact) mass is 610 g/mol. The van der Waals surface area contributed by atoms with E-state index < -0.39 is 0 Å². The number of aliphatic imine (C=N–C) groups is 1. The highest BCUT2D eigenvalue weighted by molar-refractivity contribution is 6.01. The standard InChI is InChI=1S/C21H29N.C11H24.C7H14.2C2H6/c1-16-10-8-9-13-20(16)21(18(3)15-22-4)17(2)14-19-11-6-5-7-12-19;1-4-5-6-7-8-9-10-11(2)3;1-6(2)7(3,4)5;2*1-2/h8-10,13,15,19H,3,5-7,11-12,14H2,1-2,4H3;11H,4-10H2,1-3H3;1H2,2-5H3;2*1-2H3/b21-17-,22-15?;;;;. The molecular weight excluding hydrogens is 530 g/mol. The zero-order chi connectivity index (χ0) is 34.6. The van der Waals surface area contributed by atoms with Gasteiger partial charge in [-0.3, -0.25) is 4.99 Å². The minimum Gasteiger partial charge on any atom is -0.296 e. The lowest BCUT2D eigenvalue weighted by atomic mass is 9.82. The van der Waals surface area contributed by atoms with Gasteiger partial charge in [-0.2, -0.15) is 0 Å². The number of benzene rings is 1. The fraction of sp³-hybridized carbons (Fsp3) is 0.698. The Kier molecular flexibility index (Phi) is 31.5. The summed E-state index contributed by atoms with van der Waals surface area (Å²) in [5, 5.41) is 0. The van der Waals surface area contributed by atoms with Gasteiger partial charge in [0.2, 0.25) is 0 Å². The van der Waals surface area contributed by atoms with E-state index in [0.29, 0.717) is 5.41 Å². The van der Waals surface area contributed by atoms with E-state index in [1.54, 1.807) is 0 Å². The maximum absolute atomic E-state index is 4.27. The van der Waals surface area contributed by atoms with Gasteiger partial charge in [0, 0.05) is 13.3 Å². The average molecular weight is 610 g/mol. The molecule has 1 saturated carbocycles. The summed E-state index contributed by atoms with van der Waals surface area (Å²) in [7, 11) is 1.82. The number of rotatable bonds is 12. The van der Waals surface area contributed by atoms with Gasteiger partial charge in [-0.05, 0) is 66.7 Å². The highest BCUT2D eigenvalue weighted by Crippen LogP contribution is 2.34. The molecule has 1 aromatic carbocycles. The van der Waals surface area contributed by atoms with E-state index in [9.17, 15) is 0 Å². The molecule has 1 heteroatoms. The predicted octanol–water partition coefficient (Wildman–Crippen LogP) is 15.0. The van der Waals surface area contributed by atoms with Gasteiger partial charge in [0.15, 0.2) is 0 Å². The summed E-state index contributed by atoms with van der Waals surface area (Å²) in [6.07, 6.45) is 20.1. The van der Waals surface area contributed by atoms with Gasteiger partial charge in [0.05, 0.1) is 0 Å². The van der Waals surface area contributed by atoms with Crippen LogP contribution in [0.25, 0.3) is 5.57 Å². The fourth-order valence-electron chi connectivity index (χ4n) is 5.01. The maximum Gasteiger partial charge on any atom is 0.0281 e. The second kappa shape index (κ2) is 29.8. The van der Waals surface area contributed by atoms with Crippen LogP contribution in [0.4, 0.5) is 0 Å². The highest BCUT2D eigenvalue weighted by Gasteiger charge is 2.17. The maximum atomic E-state index is 4.27. The van der Waals surface area contributed by atoms with Crippen LogP contribution in [-0.2, 0) is 0 Å². The number of hydrogen-bond acceptors (Lipinski definition) is 1. The molecule has 0 saturated heterocycles. The molecular formula is C43H79N.